The fourth-order valence-corrected chi connectivity index (χ4v) is 2.92. The number of nitrogens with one attached hydrogen (secondary N) is 2. The minimum absolute atomic E-state index is 0.376. The molecule has 2 aromatic heterocycles. The lowest BCUT2D eigenvalue weighted by Crippen LogP contribution is -2.24. The molecule has 17 heavy (non-hydrogen) atoms. The number of hydrogen-bond donors (Lipinski definition) is 2. The Hall–Kier alpha value is -1.13. The standard InChI is InChI=1S/C13H19N3S/c1-3-5-14-11(9-12-15-6-7-16-12)13-10(2)4-8-17-13/h4,6-8,11,14H,3,5,9H2,1-2H3,(H,15,16). The topological polar surface area (TPSA) is 40.7 Å². The van der Waals surface area contributed by atoms with Crippen LogP contribution in [-0.2, 0) is 6.42 Å². The SMILES string of the molecule is CCCNC(Cc1ncc[nH]1)c1sccc1C. The third-order valence-corrected chi connectivity index (χ3v) is 3.94. The number of H-pyrrole nitrogens is 1. The number of imidazole rings is 1. The summed E-state index contributed by atoms with van der Waals surface area (Å²) in [5, 5.41) is 5.76. The Balaban J connectivity index is 2.11. The van der Waals surface area contributed by atoms with Crippen LogP contribution in [0.15, 0.2) is 23.8 Å². The van der Waals surface area contributed by atoms with Crippen molar-refractivity contribution < 1.29 is 0 Å². The molecule has 3 nitrogen and oxygen atoms in total. The van der Waals surface area contributed by atoms with E-state index in [4.69, 9.17) is 0 Å². The third kappa shape index (κ3) is 3.17. The highest BCUT2D eigenvalue weighted by Crippen LogP contribution is 2.26. The maximum atomic E-state index is 4.31. The Morgan fingerprint density at radius 2 is 2.41 bits per heavy atom. The van der Waals surface area contributed by atoms with Crippen LogP contribution in [0.1, 0.15) is 35.7 Å². The lowest BCUT2D eigenvalue weighted by atomic mass is 10.1. The number of aromatic nitrogens is 2. The number of rotatable bonds is 6. The van der Waals surface area contributed by atoms with Crippen LogP contribution < -0.4 is 5.32 Å². The van der Waals surface area contributed by atoms with Crippen LogP contribution in [0.4, 0.5) is 0 Å². The summed E-state index contributed by atoms with van der Waals surface area (Å²) >= 11 is 1.83. The van der Waals surface area contributed by atoms with Crippen molar-refractivity contribution >= 4 is 11.3 Å². The number of aryl methyl sites for hydroxylation is 1. The summed E-state index contributed by atoms with van der Waals surface area (Å²) in [6.07, 6.45) is 5.77. The smallest absolute Gasteiger partial charge is 0.107 e. The van der Waals surface area contributed by atoms with Gasteiger partial charge < -0.3 is 10.3 Å². The van der Waals surface area contributed by atoms with Crippen LogP contribution in [0.25, 0.3) is 0 Å². The molecule has 2 heterocycles. The molecule has 0 fully saturated rings. The van der Waals surface area contributed by atoms with Crippen LogP contribution in [-0.4, -0.2) is 16.5 Å². The summed E-state index contributed by atoms with van der Waals surface area (Å²) in [5.74, 6) is 1.05. The van der Waals surface area contributed by atoms with E-state index < -0.39 is 0 Å². The molecule has 0 spiro atoms. The zero-order valence-corrected chi connectivity index (χ0v) is 11.2. The van der Waals surface area contributed by atoms with Crippen LogP contribution in [0.5, 0.6) is 0 Å². The molecule has 0 aliphatic rings. The Bertz CT molecular complexity index is 433. The van der Waals surface area contributed by atoms with Gasteiger partial charge in [-0.1, -0.05) is 6.92 Å². The number of aromatic amines is 1. The second kappa shape index (κ2) is 5.98. The van der Waals surface area contributed by atoms with Crippen LogP contribution in [0.3, 0.4) is 0 Å². The van der Waals surface area contributed by atoms with Crippen molar-refractivity contribution in [3.05, 3.63) is 40.1 Å². The molecular formula is C13H19N3S. The van der Waals surface area contributed by atoms with Crippen LogP contribution in [0.2, 0.25) is 0 Å². The molecule has 0 saturated heterocycles. The zero-order chi connectivity index (χ0) is 12.1. The molecule has 92 valence electrons. The van der Waals surface area contributed by atoms with Crippen molar-refractivity contribution in [1.82, 2.24) is 15.3 Å². The lowest BCUT2D eigenvalue weighted by Gasteiger charge is -2.17. The van der Waals surface area contributed by atoms with Crippen molar-refractivity contribution in [3.8, 4) is 0 Å². The van der Waals surface area contributed by atoms with E-state index in [-0.39, 0.29) is 0 Å². The predicted molar refractivity (Wildman–Crippen MR) is 72.4 cm³/mol. The molecule has 0 radical (unpaired) electrons. The molecule has 2 rings (SSSR count). The number of hydrogen-bond acceptors (Lipinski definition) is 3. The van der Waals surface area contributed by atoms with Crippen LogP contribution >= 0.6 is 11.3 Å². The Morgan fingerprint density at radius 1 is 1.53 bits per heavy atom. The zero-order valence-electron chi connectivity index (χ0n) is 10.4. The average Bonchev–Trinajstić information content (AvgIpc) is 2.95. The van der Waals surface area contributed by atoms with Gasteiger partial charge in [-0.15, -0.1) is 11.3 Å². The van der Waals surface area contributed by atoms with Crippen molar-refractivity contribution in [1.29, 1.82) is 0 Å². The Labute approximate surface area is 106 Å². The quantitative estimate of drug-likeness (QED) is 0.826. The first-order chi connectivity index (χ1) is 8.31. The second-order valence-corrected chi connectivity index (χ2v) is 5.16. The molecule has 2 N–H and O–H groups in total. The Kier molecular flexibility index (Phi) is 4.34. The van der Waals surface area contributed by atoms with Gasteiger partial charge in [-0.25, -0.2) is 4.98 Å². The van der Waals surface area contributed by atoms with Crippen molar-refractivity contribution in [2.45, 2.75) is 32.7 Å². The molecule has 0 aliphatic carbocycles. The monoisotopic (exact) mass is 249 g/mol. The molecule has 0 amide bonds. The highest BCUT2D eigenvalue weighted by atomic mass is 32.1. The van der Waals surface area contributed by atoms with Crippen molar-refractivity contribution in [2.75, 3.05) is 6.54 Å². The van der Waals surface area contributed by atoms with E-state index in [0.717, 1.165) is 25.2 Å². The van der Waals surface area contributed by atoms with Crippen LogP contribution in [0, 0.1) is 6.92 Å². The van der Waals surface area contributed by atoms with Gasteiger partial charge in [0, 0.05) is 29.7 Å². The predicted octanol–water partition coefficient (Wildman–Crippen LogP) is 3.06. The molecular weight excluding hydrogens is 230 g/mol. The molecule has 2 aromatic rings. The molecule has 4 heteroatoms. The van der Waals surface area contributed by atoms with Gasteiger partial charge in [0.25, 0.3) is 0 Å². The van der Waals surface area contributed by atoms with E-state index in [1.165, 1.54) is 10.4 Å². The molecule has 1 atom stereocenters. The summed E-state index contributed by atoms with van der Waals surface area (Å²) < 4.78 is 0. The summed E-state index contributed by atoms with van der Waals surface area (Å²) in [6, 6.07) is 2.56. The van der Waals surface area contributed by atoms with E-state index >= 15 is 0 Å². The summed E-state index contributed by atoms with van der Waals surface area (Å²) in [7, 11) is 0. The van der Waals surface area contributed by atoms with E-state index in [1.54, 1.807) is 0 Å². The van der Waals surface area contributed by atoms with E-state index in [0.29, 0.717) is 6.04 Å². The highest BCUT2D eigenvalue weighted by Gasteiger charge is 2.16. The molecule has 1 unspecified atom stereocenters. The van der Waals surface area contributed by atoms with Crippen molar-refractivity contribution in [2.24, 2.45) is 0 Å². The van der Waals surface area contributed by atoms with E-state index in [2.05, 4.69) is 40.6 Å². The van der Waals surface area contributed by atoms with Gasteiger partial charge in [0.1, 0.15) is 5.82 Å². The van der Waals surface area contributed by atoms with E-state index in [1.807, 2.05) is 23.7 Å². The van der Waals surface area contributed by atoms with Gasteiger partial charge in [0.2, 0.25) is 0 Å². The van der Waals surface area contributed by atoms with Gasteiger partial charge in [-0.2, -0.15) is 0 Å². The number of nitrogens with zero attached hydrogens (tertiary/aromatic N) is 1. The largest absolute Gasteiger partial charge is 0.349 e. The molecule has 0 bridgehead atoms. The van der Waals surface area contributed by atoms with Gasteiger partial charge in [-0.05, 0) is 36.9 Å². The highest BCUT2D eigenvalue weighted by molar-refractivity contribution is 7.10. The van der Waals surface area contributed by atoms with Gasteiger partial charge in [-0.3, -0.25) is 0 Å². The normalized spacial score (nSPS) is 12.8. The first-order valence-electron chi connectivity index (χ1n) is 6.07. The van der Waals surface area contributed by atoms with Gasteiger partial charge >= 0.3 is 0 Å². The maximum absolute atomic E-state index is 4.31. The maximum Gasteiger partial charge on any atom is 0.107 e. The summed E-state index contributed by atoms with van der Waals surface area (Å²) in [4.78, 5) is 8.92. The summed E-state index contributed by atoms with van der Waals surface area (Å²) in [5.41, 5.74) is 1.37. The van der Waals surface area contributed by atoms with Gasteiger partial charge in [0.15, 0.2) is 0 Å². The molecule has 0 aliphatic heterocycles. The fourth-order valence-electron chi connectivity index (χ4n) is 1.92. The van der Waals surface area contributed by atoms with E-state index in [9.17, 15) is 0 Å². The second-order valence-electron chi connectivity index (χ2n) is 4.21. The fraction of sp³-hybridized carbons (Fsp3) is 0.462. The first kappa shape index (κ1) is 12.3. The number of thiophene rings is 1. The first-order valence-corrected chi connectivity index (χ1v) is 6.95. The Morgan fingerprint density at radius 3 is 3.00 bits per heavy atom. The lowest BCUT2D eigenvalue weighted by molar-refractivity contribution is 0.525. The third-order valence-electron chi connectivity index (χ3n) is 2.81. The minimum Gasteiger partial charge on any atom is -0.349 e. The molecule has 0 aromatic carbocycles. The minimum atomic E-state index is 0.376. The summed E-state index contributed by atoms with van der Waals surface area (Å²) in [6.45, 7) is 5.41. The van der Waals surface area contributed by atoms with Gasteiger partial charge in [0.05, 0.1) is 0 Å². The molecule has 0 saturated carbocycles. The average molecular weight is 249 g/mol. The van der Waals surface area contributed by atoms with Crippen molar-refractivity contribution in [3.63, 3.8) is 0 Å².